The lowest BCUT2D eigenvalue weighted by Crippen LogP contribution is -2.41. The minimum atomic E-state index is -0.797. The zero-order chi connectivity index (χ0) is 22.9. The molecule has 0 radical (unpaired) electrons. The second-order valence-corrected chi connectivity index (χ2v) is 8.96. The van der Waals surface area contributed by atoms with E-state index in [0.29, 0.717) is 40.5 Å². The third-order valence-corrected chi connectivity index (χ3v) is 5.93. The maximum atomic E-state index is 13.5. The Labute approximate surface area is 190 Å². The van der Waals surface area contributed by atoms with Gasteiger partial charge in [0, 0.05) is 42.7 Å². The molecule has 0 unspecified atom stereocenters. The number of hydrogen-bond donors (Lipinski definition) is 1. The van der Waals surface area contributed by atoms with Crippen LogP contribution in [0.4, 0.5) is 4.39 Å². The van der Waals surface area contributed by atoms with E-state index in [2.05, 4.69) is 16.0 Å². The zero-order valence-electron chi connectivity index (χ0n) is 17.9. The van der Waals surface area contributed by atoms with Gasteiger partial charge in [0.25, 0.3) is 6.01 Å². The number of aromatic nitrogens is 1. The third kappa shape index (κ3) is 4.79. The van der Waals surface area contributed by atoms with Crippen LogP contribution in [0.2, 0.25) is 5.02 Å². The molecule has 0 spiro atoms. The number of nitrogens with zero attached hydrogens (tertiary/aromatic N) is 2. The van der Waals surface area contributed by atoms with Crippen LogP contribution in [0.1, 0.15) is 31.5 Å². The lowest BCUT2D eigenvalue weighted by Gasteiger charge is -2.31. The van der Waals surface area contributed by atoms with Crippen LogP contribution in [0.5, 0.6) is 5.88 Å². The molecule has 0 amide bonds. The van der Waals surface area contributed by atoms with Crippen molar-refractivity contribution in [1.82, 2.24) is 9.88 Å². The predicted octanol–water partition coefficient (Wildman–Crippen LogP) is 5.40. The largest absolute Gasteiger partial charge is 0.481 e. The van der Waals surface area contributed by atoms with Crippen LogP contribution in [0.25, 0.3) is 16.5 Å². The Kier molecular flexibility index (Phi) is 6.22. The molecule has 0 bridgehead atoms. The van der Waals surface area contributed by atoms with E-state index in [1.807, 2.05) is 12.1 Å². The van der Waals surface area contributed by atoms with Gasteiger partial charge in [-0.3, -0.25) is 9.69 Å². The Morgan fingerprint density at radius 1 is 1.34 bits per heavy atom. The first-order chi connectivity index (χ1) is 15.2. The molecule has 0 fully saturated rings. The van der Waals surface area contributed by atoms with Gasteiger partial charge in [0.05, 0.1) is 16.1 Å². The molecule has 1 aliphatic rings. The minimum Gasteiger partial charge on any atom is -0.481 e. The van der Waals surface area contributed by atoms with Crippen molar-refractivity contribution in [3.8, 4) is 5.88 Å². The normalized spacial score (nSPS) is 15.1. The summed E-state index contributed by atoms with van der Waals surface area (Å²) in [6.07, 6.45) is 2.86. The number of carboxylic acid groups (broad SMARTS) is 1. The number of benzene rings is 1. The van der Waals surface area contributed by atoms with Gasteiger partial charge in [-0.25, -0.2) is 4.98 Å². The van der Waals surface area contributed by atoms with E-state index in [0.717, 1.165) is 24.2 Å². The number of aliphatic carboxylic acids is 1. The van der Waals surface area contributed by atoms with E-state index >= 15 is 0 Å². The van der Waals surface area contributed by atoms with Crippen molar-refractivity contribution in [2.45, 2.75) is 26.9 Å². The molecule has 0 saturated heterocycles. The van der Waals surface area contributed by atoms with Crippen LogP contribution >= 0.6 is 11.6 Å². The third-order valence-electron chi connectivity index (χ3n) is 5.60. The summed E-state index contributed by atoms with van der Waals surface area (Å²) in [4.78, 5) is 18.1. The fourth-order valence-corrected chi connectivity index (χ4v) is 3.97. The quantitative estimate of drug-likeness (QED) is 0.511. The van der Waals surface area contributed by atoms with Crippen molar-refractivity contribution in [2.75, 3.05) is 19.6 Å². The number of fused-ring (bicyclic) bond motifs is 1. The molecule has 1 aromatic carbocycles. The SMILES string of the molecule is CC(C)(CN1CC=C(c2cccc(OCc3ccc(Cl)c4cc(F)oc34)n2)CC1)C(=O)O. The molecule has 1 N–H and O–H groups in total. The maximum Gasteiger partial charge on any atom is 0.310 e. The Balaban J connectivity index is 1.44. The molecular weight excluding hydrogens is 435 g/mol. The van der Waals surface area contributed by atoms with E-state index in [9.17, 15) is 14.3 Å². The van der Waals surface area contributed by atoms with Gasteiger partial charge in [-0.15, -0.1) is 0 Å². The smallest absolute Gasteiger partial charge is 0.310 e. The van der Waals surface area contributed by atoms with Crippen molar-refractivity contribution in [3.05, 3.63) is 64.8 Å². The first kappa shape index (κ1) is 22.3. The van der Waals surface area contributed by atoms with Gasteiger partial charge >= 0.3 is 5.97 Å². The monoisotopic (exact) mass is 458 g/mol. The summed E-state index contributed by atoms with van der Waals surface area (Å²) in [5.74, 6) is -0.345. The molecule has 8 heteroatoms. The fourth-order valence-electron chi connectivity index (χ4n) is 3.77. The average Bonchev–Trinajstić information content (AvgIpc) is 3.16. The van der Waals surface area contributed by atoms with E-state index in [1.165, 1.54) is 6.07 Å². The standard InChI is InChI=1S/C24H24ClFN2O4/c1-24(2,23(29)30)14-28-10-8-15(9-11-28)19-4-3-5-21(27-19)31-13-16-6-7-18(25)17-12-20(26)32-22(16)17/h3-8,12H,9-11,13-14H2,1-2H3,(H,29,30). The van der Waals surface area contributed by atoms with E-state index in [4.69, 9.17) is 20.8 Å². The summed E-state index contributed by atoms with van der Waals surface area (Å²) in [7, 11) is 0. The molecule has 6 nitrogen and oxygen atoms in total. The summed E-state index contributed by atoms with van der Waals surface area (Å²) < 4.78 is 24.5. The number of ether oxygens (including phenoxy) is 1. The van der Waals surface area contributed by atoms with Crippen LogP contribution in [0.15, 0.2) is 46.9 Å². The topological polar surface area (TPSA) is 75.8 Å². The summed E-state index contributed by atoms with van der Waals surface area (Å²) >= 11 is 6.11. The van der Waals surface area contributed by atoms with Crippen LogP contribution in [-0.2, 0) is 11.4 Å². The highest BCUT2D eigenvalue weighted by Crippen LogP contribution is 2.30. The number of carbonyl (C=O) groups is 1. The fraction of sp³-hybridized carbons (Fsp3) is 0.333. The van der Waals surface area contributed by atoms with Gasteiger partial charge in [0.1, 0.15) is 12.2 Å². The van der Waals surface area contributed by atoms with Crippen LogP contribution < -0.4 is 4.74 Å². The van der Waals surface area contributed by atoms with Gasteiger partial charge in [0.15, 0.2) is 0 Å². The molecule has 0 aliphatic carbocycles. The van der Waals surface area contributed by atoms with Gasteiger partial charge < -0.3 is 14.3 Å². The van der Waals surface area contributed by atoms with Crippen molar-refractivity contribution < 1.29 is 23.4 Å². The van der Waals surface area contributed by atoms with Crippen molar-refractivity contribution in [3.63, 3.8) is 0 Å². The Morgan fingerprint density at radius 2 is 2.16 bits per heavy atom. The molecule has 3 heterocycles. The summed E-state index contributed by atoms with van der Waals surface area (Å²) in [5, 5.41) is 10.3. The summed E-state index contributed by atoms with van der Waals surface area (Å²) in [6, 6.07) is 9.57. The molecule has 168 valence electrons. The summed E-state index contributed by atoms with van der Waals surface area (Å²) in [5.41, 5.74) is 2.17. The lowest BCUT2D eigenvalue weighted by atomic mass is 9.92. The highest BCUT2D eigenvalue weighted by Gasteiger charge is 2.30. The number of furan rings is 1. The number of pyridine rings is 1. The Hall–Kier alpha value is -2.90. The molecule has 2 aromatic heterocycles. The number of hydrogen-bond acceptors (Lipinski definition) is 5. The highest BCUT2D eigenvalue weighted by atomic mass is 35.5. The van der Waals surface area contributed by atoms with Crippen LogP contribution in [0.3, 0.4) is 0 Å². The molecular formula is C24H24ClFN2O4. The number of carboxylic acids is 1. The van der Waals surface area contributed by atoms with Crippen molar-refractivity contribution in [1.29, 1.82) is 0 Å². The molecule has 3 aromatic rings. The first-order valence-electron chi connectivity index (χ1n) is 10.3. The maximum absolute atomic E-state index is 13.5. The first-order valence-corrected chi connectivity index (χ1v) is 10.7. The van der Waals surface area contributed by atoms with Gasteiger partial charge in [-0.05, 0) is 38.0 Å². The molecule has 32 heavy (non-hydrogen) atoms. The molecule has 1 aliphatic heterocycles. The van der Waals surface area contributed by atoms with Gasteiger partial charge in [-0.2, -0.15) is 4.39 Å². The minimum absolute atomic E-state index is 0.161. The predicted molar refractivity (Wildman–Crippen MR) is 120 cm³/mol. The van der Waals surface area contributed by atoms with E-state index in [1.54, 1.807) is 32.0 Å². The second kappa shape index (κ2) is 8.92. The van der Waals surface area contributed by atoms with Crippen molar-refractivity contribution >= 4 is 34.1 Å². The number of halogens is 2. The van der Waals surface area contributed by atoms with E-state index in [-0.39, 0.29) is 6.61 Å². The molecule has 0 saturated carbocycles. The Morgan fingerprint density at radius 3 is 2.88 bits per heavy atom. The second-order valence-electron chi connectivity index (χ2n) is 8.55. The summed E-state index contributed by atoms with van der Waals surface area (Å²) in [6.45, 7) is 5.57. The average molecular weight is 459 g/mol. The van der Waals surface area contributed by atoms with Crippen LogP contribution in [-0.4, -0.2) is 40.6 Å². The highest BCUT2D eigenvalue weighted by molar-refractivity contribution is 6.35. The van der Waals surface area contributed by atoms with Crippen LogP contribution in [0, 0.1) is 11.4 Å². The molecule has 4 rings (SSSR count). The van der Waals surface area contributed by atoms with Gasteiger partial charge in [-0.1, -0.05) is 29.8 Å². The van der Waals surface area contributed by atoms with Crippen molar-refractivity contribution in [2.24, 2.45) is 5.41 Å². The van der Waals surface area contributed by atoms with E-state index < -0.39 is 17.4 Å². The van der Waals surface area contributed by atoms with Gasteiger partial charge in [0.2, 0.25) is 5.88 Å². The zero-order valence-corrected chi connectivity index (χ0v) is 18.7. The number of rotatable bonds is 7. The molecule has 0 atom stereocenters. The lowest BCUT2D eigenvalue weighted by molar-refractivity contribution is -0.147. The Bertz CT molecular complexity index is 1190.